The van der Waals surface area contributed by atoms with Gasteiger partial charge in [0.1, 0.15) is 11.9 Å². The molecule has 17 heavy (non-hydrogen) atoms. The van der Waals surface area contributed by atoms with E-state index in [1.54, 1.807) is 0 Å². The van der Waals surface area contributed by atoms with Gasteiger partial charge in [-0.2, -0.15) is 0 Å². The molecule has 1 fully saturated rings. The van der Waals surface area contributed by atoms with E-state index in [1.807, 2.05) is 0 Å². The van der Waals surface area contributed by atoms with Gasteiger partial charge in [0.2, 0.25) is 0 Å². The van der Waals surface area contributed by atoms with Gasteiger partial charge in [0.05, 0.1) is 5.75 Å². The number of unbranched alkanes of at least 4 members (excludes halogenated alkanes) is 1. The van der Waals surface area contributed by atoms with Gasteiger partial charge >= 0.3 is 5.97 Å². The van der Waals surface area contributed by atoms with Gasteiger partial charge in [-0.3, -0.25) is 4.79 Å². The average molecular weight is 263 g/mol. The third-order valence-electron chi connectivity index (χ3n) is 2.85. The fourth-order valence-electron chi connectivity index (χ4n) is 1.94. The first-order valence-corrected chi connectivity index (χ1v) is 7.95. The van der Waals surface area contributed by atoms with Crippen molar-refractivity contribution in [1.29, 1.82) is 0 Å². The maximum atomic E-state index is 11.5. The predicted molar refractivity (Wildman–Crippen MR) is 65.3 cm³/mol. The predicted octanol–water partition coefficient (Wildman–Crippen LogP) is 0.626. The molecule has 5 nitrogen and oxygen atoms in total. The molecule has 0 aliphatic heterocycles. The summed E-state index contributed by atoms with van der Waals surface area (Å²) in [6, 6.07) is 0. The van der Waals surface area contributed by atoms with Crippen LogP contribution < -0.4 is 5.73 Å². The van der Waals surface area contributed by atoms with Crippen molar-refractivity contribution >= 4 is 15.8 Å². The fourth-order valence-corrected chi connectivity index (χ4v) is 3.16. The molecule has 0 aromatic rings. The molecular weight excluding hydrogens is 242 g/mol. The van der Waals surface area contributed by atoms with E-state index in [0.29, 0.717) is 19.4 Å². The third-order valence-corrected chi connectivity index (χ3v) is 4.43. The van der Waals surface area contributed by atoms with Crippen LogP contribution in [0.15, 0.2) is 0 Å². The highest BCUT2D eigenvalue weighted by atomic mass is 32.2. The Hall–Kier alpha value is -0.620. The Bertz CT molecular complexity index is 333. The number of hydrogen-bond acceptors (Lipinski definition) is 5. The molecule has 0 spiro atoms. The number of carbonyl (C=O) groups is 1. The third kappa shape index (κ3) is 6.02. The largest absolute Gasteiger partial charge is 0.462 e. The Balaban J connectivity index is 2.28. The van der Waals surface area contributed by atoms with Crippen molar-refractivity contribution in [3.8, 4) is 0 Å². The summed E-state index contributed by atoms with van der Waals surface area (Å²) >= 11 is 0. The maximum Gasteiger partial charge on any atom is 0.321 e. The topological polar surface area (TPSA) is 86.5 Å². The highest BCUT2D eigenvalue weighted by Crippen LogP contribution is 2.21. The van der Waals surface area contributed by atoms with E-state index in [2.05, 4.69) is 0 Å². The average Bonchev–Trinajstić information content (AvgIpc) is 2.69. The first-order chi connectivity index (χ1) is 8.03. The zero-order valence-electron chi connectivity index (χ0n) is 10.1. The summed E-state index contributed by atoms with van der Waals surface area (Å²) in [5, 5.41) is 0. The normalized spacial score (nSPS) is 17.2. The minimum absolute atomic E-state index is 0.0178. The summed E-state index contributed by atoms with van der Waals surface area (Å²) in [6.45, 7) is 0.474. The van der Waals surface area contributed by atoms with Gasteiger partial charge in [-0.25, -0.2) is 8.42 Å². The highest BCUT2D eigenvalue weighted by Gasteiger charge is 2.23. The van der Waals surface area contributed by atoms with Crippen molar-refractivity contribution < 1.29 is 17.9 Å². The Labute approximate surface area is 103 Å². The van der Waals surface area contributed by atoms with Crippen LogP contribution in [0.25, 0.3) is 0 Å². The molecule has 0 bridgehead atoms. The second-order valence-electron chi connectivity index (χ2n) is 4.48. The monoisotopic (exact) mass is 263 g/mol. The molecule has 0 radical (unpaired) electrons. The number of esters is 1. The van der Waals surface area contributed by atoms with E-state index in [4.69, 9.17) is 10.5 Å². The summed E-state index contributed by atoms with van der Waals surface area (Å²) in [4.78, 5) is 11.4. The Morgan fingerprint density at radius 3 is 2.47 bits per heavy atom. The van der Waals surface area contributed by atoms with E-state index in [1.165, 1.54) is 0 Å². The maximum absolute atomic E-state index is 11.5. The zero-order valence-corrected chi connectivity index (χ0v) is 10.9. The van der Waals surface area contributed by atoms with E-state index in [0.717, 1.165) is 25.7 Å². The van der Waals surface area contributed by atoms with Crippen molar-refractivity contribution in [3.63, 3.8) is 0 Å². The van der Waals surface area contributed by atoms with E-state index in [9.17, 15) is 13.2 Å². The molecular formula is C11H21NO4S. The highest BCUT2D eigenvalue weighted by molar-refractivity contribution is 7.92. The molecule has 0 aromatic carbocycles. The number of carbonyl (C=O) groups excluding carboxylic acids is 1. The van der Waals surface area contributed by atoms with Crippen LogP contribution in [0.1, 0.15) is 38.5 Å². The molecule has 1 saturated carbocycles. The molecule has 0 unspecified atom stereocenters. The zero-order chi connectivity index (χ0) is 12.7. The number of hydrogen-bond donors (Lipinski definition) is 1. The Kier molecular flexibility index (Phi) is 5.91. The Morgan fingerprint density at radius 1 is 1.24 bits per heavy atom. The number of ether oxygens (including phenoxy) is 1. The van der Waals surface area contributed by atoms with Gasteiger partial charge in [-0.15, -0.1) is 0 Å². The molecule has 6 heteroatoms. The van der Waals surface area contributed by atoms with Crippen LogP contribution in [0.3, 0.4) is 0 Å². The van der Waals surface area contributed by atoms with Crippen molar-refractivity contribution in [2.75, 3.05) is 18.1 Å². The van der Waals surface area contributed by atoms with Gasteiger partial charge in [-0.05, 0) is 45.1 Å². The lowest BCUT2D eigenvalue weighted by Crippen LogP contribution is -2.24. The van der Waals surface area contributed by atoms with Crippen LogP contribution in [0.5, 0.6) is 0 Å². The van der Waals surface area contributed by atoms with Crippen molar-refractivity contribution in [3.05, 3.63) is 0 Å². The minimum atomic E-state index is -3.32. The van der Waals surface area contributed by atoms with Gasteiger partial charge in [-0.1, -0.05) is 0 Å². The summed E-state index contributed by atoms with van der Waals surface area (Å²) in [5.74, 6) is -1.08. The van der Waals surface area contributed by atoms with Crippen LogP contribution in [0.4, 0.5) is 0 Å². The summed E-state index contributed by atoms with van der Waals surface area (Å²) < 4.78 is 28.2. The van der Waals surface area contributed by atoms with Gasteiger partial charge in [0.15, 0.2) is 9.84 Å². The molecule has 0 aromatic heterocycles. The lowest BCUT2D eigenvalue weighted by atomic mass is 10.3. The molecule has 2 N–H and O–H groups in total. The lowest BCUT2D eigenvalue weighted by Gasteiger charge is -2.11. The molecule has 0 saturated heterocycles. The van der Waals surface area contributed by atoms with Crippen molar-refractivity contribution in [1.82, 2.24) is 0 Å². The smallest absolute Gasteiger partial charge is 0.321 e. The molecule has 1 aliphatic carbocycles. The molecule has 0 atom stereocenters. The lowest BCUT2D eigenvalue weighted by molar-refractivity contribution is -0.145. The standard InChI is InChI=1S/C11H21NO4S/c12-7-3-4-8-17(14,15)9-11(13)16-10-5-1-2-6-10/h10H,1-9,12H2. The summed E-state index contributed by atoms with van der Waals surface area (Å²) in [5.41, 5.74) is 5.28. The number of nitrogens with two attached hydrogens (primary N) is 1. The van der Waals surface area contributed by atoms with Crippen LogP contribution in [-0.2, 0) is 19.4 Å². The fraction of sp³-hybridized carbons (Fsp3) is 0.909. The molecule has 0 heterocycles. The van der Waals surface area contributed by atoms with Crippen molar-refractivity contribution in [2.45, 2.75) is 44.6 Å². The second-order valence-corrected chi connectivity index (χ2v) is 6.67. The summed E-state index contributed by atoms with van der Waals surface area (Å²) in [7, 11) is -3.32. The van der Waals surface area contributed by atoms with Gasteiger partial charge in [0, 0.05) is 0 Å². The number of rotatable bonds is 7. The molecule has 1 aliphatic rings. The van der Waals surface area contributed by atoms with Gasteiger partial charge in [0.25, 0.3) is 0 Å². The minimum Gasteiger partial charge on any atom is -0.462 e. The Morgan fingerprint density at radius 2 is 1.88 bits per heavy atom. The molecule has 0 amide bonds. The first-order valence-electron chi connectivity index (χ1n) is 6.13. The van der Waals surface area contributed by atoms with Crippen LogP contribution in [0.2, 0.25) is 0 Å². The van der Waals surface area contributed by atoms with Gasteiger partial charge < -0.3 is 10.5 Å². The molecule has 1 rings (SSSR count). The quantitative estimate of drug-likeness (QED) is 0.537. The van der Waals surface area contributed by atoms with E-state index in [-0.39, 0.29) is 11.9 Å². The summed E-state index contributed by atoms with van der Waals surface area (Å²) in [6.07, 6.45) is 4.94. The number of sulfone groups is 1. The van der Waals surface area contributed by atoms with E-state index < -0.39 is 21.6 Å². The van der Waals surface area contributed by atoms with Crippen LogP contribution in [0, 0.1) is 0 Å². The van der Waals surface area contributed by atoms with E-state index >= 15 is 0 Å². The molecule has 100 valence electrons. The van der Waals surface area contributed by atoms with Crippen molar-refractivity contribution in [2.24, 2.45) is 5.73 Å². The van der Waals surface area contributed by atoms with Crippen LogP contribution in [-0.4, -0.2) is 38.5 Å². The SMILES string of the molecule is NCCCCS(=O)(=O)CC(=O)OC1CCCC1. The second kappa shape index (κ2) is 6.96. The first kappa shape index (κ1) is 14.4. The van der Waals surface area contributed by atoms with Crippen LogP contribution >= 0.6 is 0 Å².